The van der Waals surface area contributed by atoms with Crippen LogP contribution in [-0.4, -0.2) is 75.7 Å². The number of aliphatic hydroxyl groups excluding tert-OH is 1. The maximum Gasteiger partial charge on any atom is 0.341 e. The van der Waals surface area contributed by atoms with Crippen molar-refractivity contribution in [3.63, 3.8) is 0 Å². The number of fused-ring (bicyclic) bond motifs is 1. The van der Waals surface area contributed by atoms with Gasteiger partial charge in [0.05, 0.1) is 29.5 Å². The van der Waals surface area contributed by atoms with E-state index in [1.807, 2.05) is 20.9 Å². The van der Waals surface area contributed by atoms with Gasteiger partial charge in [-0.1, -0.05) is 0 Å². The van der Waals surface area contributed by atoms with Crippen molar-refractivity contribution in [1.82, 2.24) is 19.7 Å². The van der Waals surface area contributed by atoms with E-state index < -0.39 is 0 Å². The van der Waals surface area contributed by atoms with Crippen molar-refractivity contribution in [3.8, 4) is 0 Å². The van der Waals surface area contributed by atoms with Crippen molar-refractivity contribution in [3.05, 3.63) is 17.5 Å². The molecule has 1 N–H and O–H groups in total. The Balaban J connectivity index is 2.04. The highest BCUT2D eigenvalue weighted by Crippen LogP contribution is 2.33. The molecule has 3 rings (SSSR count). The lowest BCUT2D eigenvalue weighted by atomic mass is 10.1. The van der Waals surface area contributed by atoms with Crippen LogP contribution < -0.4 is 4.90 Å². The molecule has 148 valence electrons. The maximum atomic E-state index is 12.6. The van der Waals surface area contributed by atoms with Gasteiger partial charge in [-0.15, -0.1) is 0 Å². The van der Waals surface area contributed by atoms with Crippen molar-refractivity contribution in [1.29, 1.82) is 0 Å². The van der Waals surface area contributed by atoms with Crippen LogP contribution in [0.1, 0.15) is 36.8 Å². The van der Waals surface area contributed by atoms with E-state index in [9.17, 15) is 9.90 Å². The molecule has 2 aromatic heterocycles. The van der Waals surface area contributed by atoms with Crippen LogP contribution in [0, 0.1) is 6.92 Å². The zero-order valence-corrected chi connectivity index (χ0v) is 16.8. The highest BCUT2D eigenvalue weighted by atomic mass is 16.5. The summed E-state index contributed by atoms with van der Waals surface area (Å²) in [7, 11) is 1.86. The fourth-order valence-electron chi connectivity index (χ4n) is 3.89. The summed E-state index contributed by atoms with van der Waals surface area (Å²) in [5.74, 6) is -0.357. The van der Waals surface area contributed by atoms with Crippen LogP contribution in [0.25, 0.3) is 11.0 Å². The van der Waals surface area contributed by atoms with Gasteiger partial charge in [0.1, 0.15) is 5.56 Å². The number of aromatic nitrogens is 3. The van der Waals surface area contributed by atoms with Crippen LogP contribution in [0.15, 0.2) is 6.20 Å². The minimum Gasteiger partial charge on any atom is -0.462 e. The lowest BCUT2D eigenvalue weighted by Gasteiger charge is -2.42. The molecule has 8 nitrogen and oxygen atoms in total. The van der Waals surface area contributed by atoms with Crippen molar-refractivity contribution < 1.29 is 14.6 Å². The molecule has 0 saturated carbocycles. The number of β-amino-alcohol motifs (C(OH)–C–C–N with tert-alkyl or cyclic N) is 1. The monoisotopic (exact) mass is 375 g/mol. The lowest BCUT2D eigenvalue weighted by molar-refractivity contribution is 0.0526. The molecule has 0 amide bonds. The lowest BCUT2D eigenvalue weighted by Crippen LogP contribution is -2.53. The number of carbonyl (C=O) groups is 1. The fraction of sp³-hybridized carbons (Fsp3) is 0.632. The Morgan fingerprint density at radius 3 is 2.81 bits per heavy atom. The van der Waals surface area contributed by atoms with E-state index in [0.717, 1.165) is 42.0 Å². The molecular formula is C19H29N5O3. The number of rotatable bonds is 5. The minimum atomic E-state index is -0.359. The second-order valence-corrected chi connectivity index (χ2v) is 7.29. The second-order valence-electron chi connectivity index (χ2n) is 7.29. The van der Waals surface area contributed by atoms with Crippen LogP contribution in [-0.2, 0) is 11.8 Å². The molecule has 0 aliphatic carbocycles. The van der Waals surface area contributed by atoms with Crippen LogP contribution in [0.4, 0.5) is 5.69 Å². The summed E-state index contributed by atoms with van der Waals surface area (Å²) >= 11 is 0. The van der Waals surface area contributed by atoms with Gasteiger partial charge in [0.15, 0.2) is 5.65 Å². The highest BCUT2D eigenvalue weighted by molar-refractivity contribution is 6.05. The molecule has 0 bridgehead atoms. The van der Waals surface area contributed by atoms with E-state index in [0.29, 0.717) is 18.7 Å². The topological polar surface area (TPSA) is 83.7 Å². The van der Waals surface area contributed by atoms with E-state index in [-0.39, 0.29) is 18.1 Å². The van der Waals surface area contributed by atoms with E-state index in [2.05, 4.69) is 26.8 Å². The number of aliphatic hydroxyl groups is 1. The predicted octanol–water partition coefficient (Wildman–Crippen LogP) is 1.34. The van der Waals surface area contributed by atoms with Gasteiger partial charge in [-0.2, -0.15) is 5.10 Å². The molecule has 2 atom stereocenters. The van der Waals surface area contributed by atoms with Gasteiger partial charge in [0.25, 0.3) is 0 Å². The number of pyridine rings is 1. The van der Waals surface area contributed by atoms with Crippen molar-refractivity contribution in [2.24, 2.45) is 7.05 Å². The van der Waals surface area contributed by atoms with Gasteiger partial charge < -0.3 is 14.7 Å². The third-order valence-corrected chi connectivity index (χ3v) is 5.08. The van der Waals surface area contributed by atoms with Crippen LogP contribution in [0.3, 0.4) is 0 Å². The molecule has 27 heavy (non-hydrogen) atoms. The number of nitrogens with zero attached hydrogens (tertiary/aromatic N) is 5. The van der Waals surface area contributed by atoms with E-state index in [4.69, 9.17) is 4.74 Å². The van der Waals surface area contributed by atoms with Crippen LogP contribution in [0.5, 0.6) is 0 Å². The van der Waals surface area contributed by atoms with E-state index in [1.165, 1.54) is 0 Å². The summed E-state index contributed by atoms with van der Waals surface area (Å²) < 4.78 is 7.03. The van der Waals surface area contributed by atoms with Crippen molar-refractivity contribution in [2.45, 2.75) is 39.8 Å². The Morgan fingerprint density at radius 1 is 1.44 bits per heavy atom. The summed E-state index contributed by atoms with van der Waals surface area (Å²) in [4.78, 5) is 21.6. The number of piperazine rings is 1. The predicted molar refractivity (Wildman–Crippen MR) is 104 cm³/mol. The van der Waals surface area contributed by atoms with Crippen molar-refractivity contribution >= 4 is 22.7 Å². The number of carbonyl (C=O) groups excluding carboxylic acids is 1. The number of ether oxygens (including phenoxy) is 1. The average Bonchev–Trinajstić information content (AvgIpc) is 2.90. The van der Waals surface area contributed by atoms with Crippen LogP contribution in [0.2, 0.25) is 0 Å². The largest absolute Gasteiger partial charge is 0.462 e. The first-order valence-electron chi connectivity index (χ1n) is 9.50. The molecule has 8 heteroatoms. The zero-order valence-electron chi connectivity index (χ0n) is 16.8. The zero-order chi connectivity index (χ0) is 19.7. The third-order valence-electron chi connectivity index (χ3n) is 5.08. The Morgan fingerprint density at radius 2 is 2.19 bits per heavy atom. The molecule has 0 aromatic carbocycles. The molecule has 2 aromatic rings. The average molecular weight is 375 g/mol. The quantitative estimate of drug-likeness (QED) is 0.790. The fourth-order valence-corrected chi connectivity index (χ4v) is 3.89. The Labute approximate surface area is 159 Å². The van der Waals surface area contributed by atoms with E-state index in [1.54, 1.807) is 17.8 Å². The summed E-state index contributed by atoms with van der Waals surface area (Å²) in [6.07, 6.45) is 1.24. The normalized spacial score (nSPS) is 19.5. The number of aryl methyl sites for hydroxylation is 2. The van der Waals surface area contributed by atoms with Gasteiger partial charge in [0.2, 0.25) is 0 Å². The van der Waals surface area contributed by atoms with Crippen molar-refractivity contribution in [2.75, 3.05) is 37.7 Å². The van der Waals surface area contributed by atoms with Gasteiger partial charge in [-0.3, -0.25) is 9.58 Å². The summed E-state index contributed by atoms with van der Waals surface area (Å²) in [5.41, 5.74) is 2.94. The number of hydrogen-bond acceptors (Lipinski definition) is 7. The second kappa shape index (κ2) is 7.82. The highest BCUT2D eigenvalue weighted by Gasteiger charge is 2.30. The SMILES string of the molecule is CCOC(=O)c1cnc2c(c(C)nn2C)c1N1CCN(CC(C)O)C(C)C1. The molecule has 2 unspecified atom stereocenters. The van der Waals surface area contributed by atoms with Crippen LogP contribution >= 0.6 is 0 Å². The smallest absolute Gasteiger partial charge is 0.341 e. The van der Waals surface area contributed by atoms with Gasteiger partial charge in [-0.05, 0) is 27.7 Å². The summed E-state index contributed by atoms with van der Waals surface area (Å²) in [6.45, 7) is 11.0. The van der Waals surface area contributed by atoms with Gasteiger partial charge in [0, 0.05) is 45.5 Å². The Kier molecular flexibility index (Phi) is 5.67. The molecule has 1 fully saturated rings. The third kappa shape index (κ3) is 3.77. The minimum absolute atomic E-state index is 0.253. The molecule has 1 aliphatic rings. The van der Waals surface area contributed by atoms with E-state index >= 15 is 0 Å². The van der Waals surface area contributed by atoms with Gasteiger partial charge in [-0.25, -0.2) is 9.78 Å². The Bertz CT molecular complexity index is 832. The molecule has 0 spiro atoms. The first-order valence-corrected chi connectivity index (χ1v) is 9.50. The number of hydrogen-bond donors (Lipinski definition) is 1. The summed E-state index contributed by atoms with van der Waals surface area (Å²) in [6, 6.07) is 0.253. The van der Waals surface area contributed by atoms with Gasteiger partial charge >= 0.3 is 5.97 Å². The first-order chi connectivity index (χ1) is 12.8. The number of esters is 1. The molecule has 3 heterocycles. The molecule has 1 saturated heterocycles. The Hall–Kier alpha value is -2.19. The standard InChI is InChI=1S/C19H29N5O3/c1-6-27-19(26)15-9-20-18-16(14(4)21-22(18)5)17(15)24-8-7-23(11-13(3)25)12(2)10-24/h9,12-13,25H,6-8,10-11H2,1-5H3. The number of anilines is 1. The molecule has 0 radical (unpaired) electrons. The molecular weight excluding hydrogens is 346 g/mol. The maximum absolute atomic E-state index is 12.6. The summed E-state index contributed by atoms with van der Waals surface area (Å²) in [5, 5.41) is 15.1. The first kappa shape index (κ1) is 19.6. The molecule has 1 aliphatic heterocycles.